The van der Waals surface area contributed by atoms with Crippen molar-refractivity contribution in [1.82, 2.24) is 5.32 Å². The Kier molecular flexibility index (Phi) is 2.50. The third kappa shape index (κ3) is 2.34. The maximum Gasteiger partial charge on any atom is 0.0138 e. The van der Waals surface area contributed by atoms with Gasteiger partial charge in [0, 0.05) is 12.1 Å². The van der Waals surface area contributed by atoms with Crippen LogP contribution in [0.4, 0.5) is 0 Å². The first-order chi connectivity index (χ1) is 5.84. The van der Waals surface area contributed by atoms with E-state index in [1.54, 1.807) is 0 Å². The average Bonchev–Trinajstić information content (AvgIpc) is 2.66. The molecule has 1 fully saturated rings. The van der Waals surface area contributed by atoms with E-state index in [1.807, 2.05) is 0 Å². The molecule has 2 aliphatic rings. The SMILES string of the molecule is CC(CC1CC1)NC1CC=CC1. The lowest BCUT2D eigenvalue weighted by Crippen LogP contribution is -2.35. The minimum atomic E-state index is 0.738. The van der Waals surface area contributed by atoms with Crippen LogP contribution >= 0.6 is 0 Å². The molecule has 0 heterocycles. The lowest BCUT2D eigenvalue weighted by molar-refractivity contribution is 0.424. The van der Waals surface area contributed by atoms with E-state index in [0.29, 0.717) is 0 Å². The fraction of sp³-hybridized carbons (Fsp3) is 0.818. The lowest BCUT2D eigenvalue weighted by Gasteiger charge is -2.18. The van der Waals surface area contributed by atoms with Gasteiger partial charge in [0.2, 0.25) is 0 Å². The molecule has 0 spiro atoms. The second-order valence-electron chi connectivity index (χ2n) is 4.39. The maximum absolute atomic E-state index is 3.69. The third-order valence-corrected chi connectivity index (χ3v) is 2.91. The molecule has 2 aliphatic carbocycles. The largest absolute Gasteiger partial charge is 0.311 e. The van der Waals surface area contributed by atoms with Crippen LogP contribution in [0, 0.1) is 5.92 Å². The highest BCUT2D eigenvalue weighted by Crippen LogP contribution is 2.33. The van der Waals surface area contributed by atoms with Gasteiger partial charge in [-0.2, -0.15) is 0 Å². The molecule has 1 nitrogen and oxygen atoms in total. The zero-order chi connectivity index (χ0) is 8.39. The molecule has 0 aliphatic heterocycles. The molecule has 1 saturated carbocycles. The average molecular weight is 165 g/mol. The highest BCUT2D eigenvalue weighted by atomic mass is 14.9. The normalized spacial score (nSPS) is 26.4. The van der Waals surface area contributed by atoms with Gasteiger partial charge < -0.3 is 5.32 Å². The van der Waals surface area contributed by atoms with Crippen LogP contribution in [0.25, 0.3) is 0 Å². The van der Waals surface area contributed by atoms with Crippen molar-refractivity contribution in [3.8, 4) is 0 Å². The Bertz CT molecular complexity index is 162. The lowest BCUT2D eigenvalue weighted by atomic mass is 10.1. The Labute approximate surface area is 75.2 Å². The van der Waals surface area contributed by atoms with Crippen LogP contribution in [0.15, 0.2) is 12.2 Å². The standard InChI is InChI=1S/C11H19N/c1-9(8-10-6-7-10)12-11-4-2-3-5-11/h2-3,9-12H,4-8H2,1H3. The molecule has 0 radical (unpaired) electrons. The molecule has 1 heteroatoms. The van der Waals surface area contributed by atoms with Gasteiger partial charge in [0.25, 0.3) is 0 Å². The van der Waals surface area contributed by atoms with Crippen molar-refractivity contribution in [2.75, 3.05) is 0 Å². The monoisotopic (exact) mass is 165 g/mol. The summed E-state index contributed by atoms with van der Waals surface area (Å²) in [7, 11) is 0. The zero-order valence-electron chi connectivity index (χ0n) is 7.92. The number of rotatable bonds is 4. The first-order valence-corrected chi connectivity index (χ1v) is 5.25. The fourth-order valence-electron chi connectivity index (χ4n) is 2.08. The van der Waals surface area contributed by atoms with Gasteiger partial charge in [0.05, 0.1) is 0 Å². The molecule has 0 bridgehead atoms. The summed E-state index contributed by atoms with van der Waals surface area (Å²) in [6.07, 6.45) is 11.4. The minimum Gasteiger partial charge on any atom is -0.311 e. The molecule has 2 rings (SSSR count). The van der Waals surface area contributed by atoms with Crippen molar-refractivity contribution in [3.05, 3.63) is 12.2 Å². The second-order valence-corrected chi connectivity index (χ2v) is 4.39. The van der Waals surface area contributed by atoms with Crippen LogP contribution < -0.4 is 5.32 Å². The van der Waals surface area contributed by atoms with Gasteiger partial charge in [0.15, 0.2) is 0 Å². The molecule has 0 saturated heterocycles. The van der Waals surface area contributed by atoms with Crippen molar-refractivity contribution in [3.63, 3.8) is 0 Å². The number of hydrogen-bond acceptors (Lipinski definition) is 1. The van der Waals surface area contributed by atoms with Crippen LogP contribution in [0.5, 0.6) is 0 Å². The van der Waals surface area contributed by atoms with E-state index < -0.39 is 0 Å². The van der Waals surface area contributed by atoms with E-state index in [0.717, 1.165) is 18.0 Å². The first kappa shape index (κ1) is 8.31. The van der Waals surface area contributed by atoms with Crippen molar-refractivity contribution >= 4 is 0 Å². The van der Waals surface area contributed by atoms with Crippen LogP contribution in [0.1, 0.15) is 39.0 Å². The summed E-state index contributed by atoms with van der Waals surface area (Å²) >= 11 is 0. The van der Waals surface area contributed by atoms with E-state index in [9.17, 15) is 0 Å². The summed E-state index contributed by atoms with van der Waals surface area (Å²) in [5, 5.41) is 3.69. The molecule has 12 heavy (non-hydrogen) atoms. The minimum absolute atomic E-state index is 0.738. The second kappa shape index (κ2) is 3.61. The molecule has 1 unspecified atom stereocenters. The number of nitrogens with one attached hydrogen (secondary N) is 1. The van der Waals surface area contributed by atoms with Crippen molar-refractivity contribution in [2.45, 2.75) is 51.1 Å². The van der Waals surface area contributed by atoms with Crippen LogP contribution in [0.3, 0.4) is 0 Å². The summed E-state index contributed by atoms with van der Waals surface area (Å²) in [5.74, 6) is 1.06. The molecular weight excluding hydrogens is 146 g/mol. The fourth-order valence-corrected chi connectivity index (χ4v) is 2.08. The van der Waals surface area contributed by atoms with Gasteiger partial charge in [-0.1, -0.05) is 25.0 Å². The van der Waals surface area contributed by atoms with Gasteiger partial charge in [-0.3, -0.25) is 0 Å². The predicted molar refractivity (Wildman–Crippen MR) is 52.1 cm³/mol. The summed E-state index contributed by atoms with van der Waals surface area (Å²) in [6.45, 7) is 2.33. The van der Waals surface area contributed by atoms with Gasteiger partial charge in [-0.25, -0.2) is 0 Å². The quantitative estimate of drug-likeness (QED) is 0.631. The molecule has 68 valence electrons. The Balaban J connectivity index is 1.63. The van der Waals surface area contributed by atoms with Crippen molar-refractivity contribution in [1.29, 1.82) is 0 Å². The van der Waals surface area contributed by atoms with Crippen LogP contribution in [0.2, 0.25) is 0 Å². The zero-order valence-corrected chi connectivity index (χ0v) is 7.92. The highest BCUT2D eigenvalue weighted by molar-refractivity contribution is 4.98. The topological polar surface area (TPSA) is 12.0 Å². The summed E-state index contributed by atoms with van der Waals surface area (Å²) in [5.41, 5.74) is 0. The molecule has 1 N–H and O–H groups in total. The van der Waals surface area contributed by atoms with E-state index in [4.69, 9.17) is 0 Å². The van der Waals surface area contributed by atoms with Crippen LogP contribution in [-0.4, -0.2) is 12.1 Å². The van der Waals surface area contributed by atoms with Gasteiger partial charge in [-0.05, 0) is 32.1 Å². The van der Waals surface area contributed by atoms with E-state index >= 15 is 0 Å². The molecule has 1 atom stereocenters. The molecule has 0 amide bonds. The smallest absolute Gasteiger partial charge is 0.0138 e. The Hall–Kier alpha value is -0.300. The molecule has 0 aromatic heterocycles. The van der Waals surface area contributed by atoms with E-state index in [2.05, 4.69) is 24.4 Å². The van der Waals surface area contributed by atoms with E-state index in [-0.39, 0.29) is 0 Å². The first-order valence-electron chi connectivity index (χ1n) is 5.25. The predicted octanol–water partition coefficient (Wildman–Crippen LogP) is 2.48. The Morgan fingerprint density at radius 3 is 2.58 bits per heavy atom. The van der Waals surface area contributed by atoms with Gasteiger partial charge in [0.1, 0.15) is 0 Å². The summed E-state index contributed by atoms with van der Waals surface area (Å²) in [4.78, 5) is 0. The maximum atomic E-state index is 3.69. The summed E-state index contributed by atoms with van der Waals surface area (Å²) < 4.78 is 0. The van der Waals surface area contributed by atoms with Gasteiger partial charge >= 0.3 is 0 Å². The number of hydrogen-bond donors (Lipinski definition) is 1. The van der Waals surface area contributed by atoms with Crippen molar-refractivity contribution < 1.29 is 0 Å². The third-order valence-electron chi connectivity index (χ3n) is 2.91. The Morgan fingerprint density at radius 2 is 2.00 bits per heavy atom. The van der Waals surface area contributed by atoms with E-state index in [1.165, 1.54) is 32.1 Å². The van der Waals surface area contributed by atoms with Crippen LogP contribution in [-0.2, 0) is 0 Å². The van der Waals surface area contributed by atoms with Crippen molar-refractivity contribution in [2.24, 2.45) is 5.92 Å². The van der Waals surface area contributed by atoms with Gasteiger partial charge in [-0.15, -0.1) is 0 Å². The molecule has 0 aromatic rings. The highest BCUT2D eigenvalue weighted by Gasteiger charge is 2.24. The summed E-state index contributed by atoms with van der Waals surface area (Å²) in [6, 6.07) is 1.49. The molecule has 0 aromatic carbocycles. The Morgan fingerprint density at radius 1 is 1.33 bits per heavy atom. The molecular formula is C11H19N.